The van der Waals surface area contributed by atoms with E-state index in [9.17, 15) is 22.4 Å². The smallest absolute Gasteiger partial charge is 0.264 e. The Kier molecular flexibility index (Phi) is 10.3. The Balaban J connectivity index is 2.04. The number of hydrogen-bond acceptors (Lipinski definition) is 5. The first kappa shape index (κ1) is 30.6. The zero-order valence-corrected chi connectivity index (χ0v) is 24.2. The summed E-state index contributed by atoms with van der Waals surface area (Å²) in [6.07, 6.45) is 0.680. The molecule has 1 N–H and O–H groups in total. The van der Waals surface area contributed by atoms with E-state index in [-0.39, 0.29) is 28.7 Å². The summed E-state index contributed by atoms with van der Waals surface area (Å²) in [5.74, 6) is -1.11. The standard InChI is InChI=1S/C30H36FN3O5S/c1-6-22(3)32-30(36)23(4)33(19-24-9-7-8-10-28(24)31)29(35)20-34(25-13-15-26(39-5)16-14-25)40(37,38)27-17-11-21(2)12-18-27/h7-18,22-23H,6,19-20H2,1-5H3,(H,32,36)/t22-,23-/m1/s1. The Labute approximate surface area is 235 Å². The highest BCUT2D eigenvalue weighted by Crippen LogP contribution is 2.27. The molecule has 2 atom stereocenters. The van der Waals surface area contributed by atoms with Crippen molar-refractivity contribution in [2.24, 2.45) is 0 Å². The number of benzene rings is 3. The predicted octanol–water partition coefficient (Wildman–Crippen LogP) is 4.67. The molecule has 0 bridgehead atoms. The van der Waals surface area contributed by atoms with Crippen LogP contribution < -0.4 is 14.4 Å². The van der Waals surface area contributed by atoms with Crippen LogP contribution in [-0.4, -0.2) is 50.9 Å². The van der Waals surface area contributed by atoms with Crippen molar-refractivity contribution in [3.05, 3.63) is 89.7 Å². The van der Waals surface area contributed by atoms with Gasteiger partial charge in [-0.2, -0.15) is 0 Å². The molecule has 0 spiro atoms. The molecule has 10 heteroatoms. The number of anilines is 1. The van der Waals surface area contributed by atoms with Crippen LogP contribution in [0.1, 0.15) is 38.3 Å². The fourth-order valence-corrected chi connectivity index (χ4v) is 5.39. The number of halogens is 1. The van der Waals surface area contributed by atoms with Crippen molar-refractivity contribution in [1.29, 1.82) is 0 Å². The number of nitrogens with one attached hydrogen (secondary N) is 1. The lowest BCUT2D eigenvalue weighted by Gasteiger charge is -2.32. The van der Waals surface area contributed by atoms with Gasteiger partial charge in [-0.05, 0) is 69.7 Å². The number of hydrogen-bond donors (Lipinski definition) is 1. The molecule has 3 aromatic carbocycles. The van der Waals surface area contributed by atoms with Crippen molar-refractivity contribution in [3.63, 3.8) is 0 Å². The van der Waals surface area contributed by atoms with Crippen molar-refractivity contribution in [3.8, 4) is 5.75 Å². The van der Waals surface area contributed by atoms with Crippen LogP contribution in [0.4, 0.5) is 10.1 Å². The molecule has 3 aromatic rings. The average Bonchev–Trinajstić information content (AvgIpc) is 2.95. The van der Waals surface area contributed by atoms with Crippen LogP contribution in [-0.2, 0) is 26.2 Å². The van der Waals surface area contributed by atoms with Crippen molar-refractivity contribution in [1.82, 2.24) is 10.2 Å². The number of sulfonamides is 1. The van der Waals surface area contributed by atoms with Gasteiger partial charge < -0.3 is 15.0 Å². The normalized spacial score (nSPS) is 12.8. The van der Waals surface area contributed by atoms with Gasteiger partial charge in [0.05, 0.1) is 17.7 Å². The molecule has 214 valence electrons. The zero-order chi connectivity index (χ0) is 29.4. The van der Waals surface area contributed by atoms with Gasteiger partial charge in [-0.3, -0.25) is 13.9 Å². The monoisotopic (exact) mass is 569 g/mol. The second kappa shape index (κ2) is 13.4. The maximum Gasteiger partial charge on any atom is 0.264 e. The molecule has 2 amide bonds. The van der Waals surface area contributed by atoms with Gasteiger partial charge in [-0.1, -0.05) is 42.8 Å². The molecular weight excluding hydrogens is 533 g/mol. The summed E-state index contributed by atoms with van der Waals surface area (Å²) in [5.41, 5.74) is 1.32. The van der Waals surface area contributed by atoms with Gasteiger partial charge >= 0.3 is 0 Å². The van der Waals surface area contributed by atoms with E-state index in [1.807, 2.05) is 20.8 Å². The fourth-order valence-electron chi connectivity index (χ4n) is 3.97. The number of ether oxygens (including phenoxy) is 1. The Morgan fingerprint density at radius 1 is 0.975 bits per heavy atom. The largest absolute Gasteiger partial charge is 0.497 e. The zero-order valence-electron chi connectivity index (χ0n) is 23.4. The van der Waals surface area contributed by atoms with E-state index in [1.165, 1.54) is 54.5 Å². The number of rotatable bonds is 12. The molecule has 0 aliphatic heterocycles. The second-order valence-corrected chi connectivity index (χ2v) is 11.5. The molecule has 0 fully saturated rings. The minimum absolute atomic E-state index is 0.00457. The van der Waals surface area contributed by atoms with Crippen molar-refractivity contribution < 1.29 is 27.1 Å². The average molecular weight is 570 g/mol. The number of methoxy groups -OCH3 is 1. The number of aryl methyl sites for hydroxylation is 1. The molecule has 40 heavy (non-hydrogen) atoms. The van der Waals surface area contributed by atoms with E-state index >= 15 is 0 Å². The SMILES string of the molecule is CC[C@@H](C)NC(=O)[C@@H](C)N(Cc1ccccc1F)C(=O)CN(c1ccc(OC)cc1)S(=O)(=O)c1ccc(C)cc1. The summed E-state index contributed by atoms with van der Waals surface area (Å²) in [6.45, 7) is 6.31. The van der Waals surface area contributed by atoms with E-state index in [0.717, 1.165) is 9.87 Å². The van der Waals surface area contributed by atoms with Crippen LogP contribution in [0.3, 0.4) is 0 Å². The molecule has 0 aromatic heterocycles. The first-order valence-corrected chi connectivity index (χ1v) is 14.5. The lowest BCUT2D eigenvalue weighted by atomic mass is 10.1. The van der Waals surface area contributed by atoms with E-state index in [0.29, 0.717) is 12.2 Å². The van der Waals surface area contributed by atoms with Gasteiger partial charge in [-0.15, -0.1) is 0 Å². The molecule has 8 nitrogen and oxygen atoms in total. The molecule has 0 saturated heterocycles. The highest BCUT2D eigenvalue weighted by molar-refractivity contribution is 7.92. The summed E-state index contributed by atoms with van der Waals surface area (Å²) in [7, 11) is -2.71. The topological polar surface area (TPSA) is 96.0 Å². The molecule has 0 aliphatic carbocycles. The van der Waals surface area contributed by atoms with Gasteiger partial charge in [0.25, 0.3) is 10.0 Å². The second-order valence-electron chi connectivity index (χ2n) is 9.63. The molecule has 0 heterocycles. The molecule has 3 rings (SSSR count). The third kappa shape index (κ3) is 7.38. The molecule has 0 unspecified atom stereocenters. The van der Waals surface area contributed by atoms with Crippen LogP contribution in [0.25, 0.3) is 0 Å². The van der Waals surface area contributed by atoms with Crippen LogP contribution in [0.5, 0.6) is 5.75 Å². The maximum atomic E-state index is 14.6. The molecular formula is C30H36FN3O5S. The summed E-state index contributed by atoms with van der Waals surface area (Å²) < 4.78 is 48.5. The lowest BCUT2D eigenvalue weighted by Crippen LogP contribution is -2.52. The molecule has 0 saturated carbocycles. The lowest BCUT2D eigenvalue weighted by molar-refractivity contribution is -0.139. The van der Waals surface area contributed by atoms with E-state index < -0.39 is 40.2 Å². The predicted molar refractivity (Wildman–Crippen MR) is 153 cm³/mol. The molecule has 0 radical (unpaired) electrons. The summed E-state index contributed by atoms with van der Waals surface area (Å²) >= 11 is 0. The van der Waals surface area contributed by atoms with Crippen molar-refractivity contribution in [2.75, 3.05) is 18.0 Å². The van der Waals surface area contributed by atoms with Gasteiger partial charge in [0, 0.05) is 18.2 Å². The third-order valence-corrected chi connectivity index (χ3v) is 8.50. The van der Waals surface area contributed by atoms with Crippen LogP contribution >= 0.6 is 0 Å². The number of nitrogens with zero attached hydrogens (tertiary/aromatic N) is 2. The first-order chi connectivity index (χ1) is 19.0. The first-order valence-electron chi connectivity index (χ1n) is 13.0. The van der Waals surface area contributed by atoms with Crippen molar-refractivity contribution >= 4 is 27.5 Å². The maximum absolute atomic E-state index is 14.6. The quantitative estimate of drug-likeness (QED) is 0.342. The minimum atomic E-state index is -4.20. The molecule has 0 aliphatic rings. The Hall–Kier alpha value is -3.92. The number of carbonyl (C=O) groups is 2. The van der Waals surface area contributed by atoms with Gasteiger partial charge in [0.15, 0.2) is 0 Å². The Morgan fingerprint density at radius 3 is 2.17 bits per heavy atom. The van der Waals surface area contributed by atoms with Gasteiger partial charge in [-0.25, -0.2) is 12.8 Å². The van der Waals surface area contributed by atoms with Gasteiger partial charge in [0.1, 0.15) is 24.2 Å². The van der Waals surface area contributed by atoms with Crippen LogP contribution in [0, 0.1) is 12.7 Å². The van der Waals surface area contributed by atoms with Crippen molar-refractivity contribution in [2.45, 2.75) is 57.6 Å². The fraction of sp³-hybridized carbons (Fsp3) is 0.333. The van der Waals surface area contributed by atoms with E-state index in [2.05, 4.69) is 5.32 Å². The highest BCUT2D eigenvalue weighted by Gasteiger charge is 2.33. The van der Waals surface area contributed by atoms with Gasteiger partial charge in [0.2, 0.25) is 11.8 Å². The Bertz CT molecular complexity index is 1410. The minimum Gasteiger partial charge on any atom is -0.497 e. The van der Waals surface area contributed by atoms with Crippen LogP contribution in [0.15, 0.2) is 77.7 Å². The third-order valence-electron chi connectivity index (χ3n) is 6.72. The summed E-state index contributed by atoms with van der Waals surface area (Å²) in [5, 5.41) is 2.85. The van der Waals surface area contributed by atoms with E-state index in [1.54, 1.807) is 37.3 Å². The summed E-state index contributed by atoms with van der Waals surface area (Å²) in [6, 6.07) is 17.4. The highest BCUT2D eigenvalue weighted by atomic mass is 32.2. The Morgan fingerprint density at radius 2 is 1.60 bits per heavy atom. The number of amides is 2. The number of carbonyl (C=O) groups excluding carboxylic acids is 2. The van der Waals surface area contributed by atoms with E-state index in [4.69, 9.17) is 4.74 Å². The summed E-state index contributed by atoms with van der Waals surface area (Å²) in [4.78, 5) is 28.2. The van der Waals surface area contributed by atoms with Crippen LogP contribution in [0.2, 0.25) is 0 Å².